The Kier molecular flexibility index (Phi) is 5.89. The van der Waals surface area contributed by atoms with Crippen LogP contribution in [0.25, 0.3) is 22.8 Å². The summed E-state index contributed by atoms with van der Waals surface area (Å²) in [4.78, 5) is 7.15. The average Bonchev–Trinajstić information content (AvgIpc) is 3.48. The van der Waals surface area contributed by atoms with Crippen LogP contribution >= 0.6 is 0 Å². The van der Waals surface area contributed by atoms with Crippen molar-refractivity contribution in [3.63, 3.8) is 0 Å². The van der Waals surface area contributed by atoms with Gasteiger partial charge in [0.15, 0.2) is 0 Å². The van der Waals surface area contributed by atoms with Crippen LogP contribution in [0.1, 0.15) is 48.4 Å². The van der Waals surface area contributed by atoms with E-state index in [4.69, 9.17) is 9.78 Å². The number of hydrogen-bond acceptors (Lipinski definition) is 7. The molecule has 1 saturated heterocycles. The zero-order valence-electron chi connectivity index (χ0n) is 18.0. The maximum absolute atomic E-state index is 9.73. The summed E-state index contributed by atoms with van der Waals surface area (Å²) in [6.07, 6.45) is 6.07. The van der Waals surface area contributed by atoms with Gasteiger partial charge in [0.1, 0.15) is 11.8 Å². The fourth-order valence-electron chi connectivity index (χ4n) is 4.86. The van der Waals surface area contributed by atoms with Crippen molar-refractivity contribution in [2.24, 2.45) is 0 Å². The molecule has 1 atom stereocenters. The lowest BCUT2D eigenvalue weighted by molar-refractivity contribution is 0.226. The predicted molar refractivity (Wildman–Crippen MR) is 121 cm³/mol. The van der Waals surface area contributed by atoms with Crippen molar-refractivity contribution in [2.75, 3.05) is 26.2 Å². The number of phenols is 1. The molecule has 2 aliphatic rings. The van der Waals surface area contributed by atoms with Gasteiger partial charge in [0.2, 0.25) is 5.82 Å². The Balaban J connectivity index is 1.32. The highest BCUT2D eigenvalue weighted by atomic mass is 16.5. The molecule has 0 bridgehead atoms. The number of rotatable bonds is 6. The van der Waals surface area contributed by atoms with Crippen molar-refractivity contribution in [2.45, 2.75) is 38.1 Å². The number of phenolic OH excluding ortho intramolecular Hbond substituents is 1. The minimum atomic E-state index is -0.0595. The number of benzene rings is 2. The highest BCUT2D eigenvalue weighted by molar-refractivity contribution is 5.67. The molecule has 0 radical (unpaired) electrons. The van der Waals surface area contributed by atoms with E-state index in [0.717, 1.165) is 31.5 Å². The Morgan fingerprint density at radius 3 is 2.91 bits per heavy atom. The fourth-order valence-corrected chi connectivity index (χ4v) is 4.86. The third kappa shape index (κ3) is 4.12. The largest absolute Gasteiger partial charge is 0.507 e. The molecule has 1 aromatic heterocycles. The lowest BCUT2D eigenvalue weighted by atomic mass is 10.0. The van der Waals surface area contributed by atoms with E-state index in [1.165, 1.54) is 49.5 Å². The van der Waals surface area contributed by atoms with Crippen molar-refractivity contribution < 1.29 is 9.63 Å². The molecule has 0 amide bonds. The van der Waals surface area contributed by atoms with Gasteiger partial charge < -0.3 is 19.8 Å². The van der Waals surface area contributed by atoms with E-state index in [2.05, 4.69) is 32.5 Å². The lowest BCUT2D eigenvalue weighted by Gasteiger charge is -2.27. The highest BCUT2D eigenvalue weighted by Crippen LogP contribution is 2.37. The summed E-state index contributed by atoms with van der Waals surface area (Å²) >= 11 is 0. The average molecular weight is 430 g/mol. The van der Waals surface area contributed by atoms with Crippen molar-refractivity contribution in [3.05, 3.63) is 53.1 Å². The van der Waals surface area contributed by atoms with E-state index in [1.54, 1.807) is 12.1 Å². The first-order valence-corrected chi connectivity index (χ1v) is 11.4. The Bertz CT molecular complexity index is 1140. The topological polar surface area (TPSA) is 98.2 Å². The zero-order valence-corrected chi connectivity index (χ0v) is 18.0. The van der Waals surface area contributed by atoms with E-state index >= 15 is 0 Å². The SMILES string of the molecule is N#Cc1cc(-c2nc(-c3cccc4c3CCC4NCCN3CCCCC3)no2)ccc1O. The smallest absolute Gasteiger partial charge is 0.258 e. The number of hydrogen-bond donors (Lipinski definition) is 2. The Labute approximate surface area is 187 Å². The molecule has 1 fully saturated rings. The first-order chi connectivity index (χ1) is 15.7. The molecule has 32 heavy (non-hydrogen) atoms. The second-order valence-electron chi connectivity index (χ2n) is 8.59. The number of aromatic nitrogens is 2. The van der Waals surface area contributed by atoms with Gasteiger partial charge in [0.25, 0.3) is 5.89 Å². The summed E-state index contributed by atoms with van der Waals surface area (Å²) in [6.45, 7) is 4.56. The molecule has 1 aliphatic heterocycles. The predicted octanol–water partition coefficient (Wildman–Crippen LogP) is 4.04. The van der Waals surface area contributed by atoms with Gasteiger partial charge >= 0.3 is 0 Å². The van der Waals surface area contributed by atoms with E-state index in [-0.39, 0.29) is 11.3 Å². The summed E-state index contributed by atoms with van der Waals surface area (Å²) in [6, 6.07) is 13.3. The Morgan fingerprint density at radius 1 is 1.19 bits per heavy atom. The molecule has 164 valence electrons. The van der Waals surface area contributed by atoms with Gasteiger partial charge in [-0.3, -0.25) is 0 Å². The Morgan fingerprint density at radius 2 is 2.06 bits per heavy atom. The van der Waals surface area contributed by atoms with Crippen LogP contribution in [-0.2, 0) is 6.42 Å². The Hall–Kier alpha value is -3.21. The number of nitrogens with zero attached hydrogens (tertiary/aromatic N) is 4. The number of likely N-dealkylation sites (tertiary alicyclic amines) is 1. The monoisotopic (exact) mass is 429 g/mol. The molecular weight excluding hydrogens is 402 g/mol. The lowest BCUT2D eigenvalue weighted by Crippen LogP contribution is -2.36. The minimum Gasteiger partial charge on any atom is -0.507 e. The van der Waals surface area contributed by atoms with Gasteiger partial charge in [0, 0.05) is 30.3 Å². The molecule has 3 aromatic rings. The first-order valence-electron chi connectivity index (χ1n) is 11.4. The quantitative estimate of drug-likeness (QED) is 0.610. The van der Waals surface area contributed by atoms with Crippen LogP contribution in [0, 0.1) is 11.3 Å². The summed E-state index contributed by atoms with van der Waals surface area (Å²) in [5.41, 5.74) is 4.39. The fraction of sp³-hybridized carbons (Fsp3) is 0.400. The van der Waals surface area contributed by atoms with Gasteiger partial charge in [-0.05, 0) is 68.1 Å². The molecule has 0 spiro atoms. The first kappa shape index (κ1) is 20.7. The number of nitriles is 1. The van der Waals surface area contributed by atoms with Crippen LogP contribution in [0.5, 0.6) is 5.75 Å². The van der Waals surface area contributed by atoms with E-state index in [0.29, 0.717) is 23.3 Å². The van der Waals surface area contributed by atoms with Gasteiger partial charge in [-0.15, -0.1) is 0 Å². The second kappa shape index (κ2) is 9.11. The molecule has 7 nitrogen and oxygen atoms in total. The normalized spacial score (nSPS) is 18.4. The van der Waals surface area contributed by atoms with Crippen molar-refractivity contribution >= 4 is 0 Å². The van der Waals surface area contributed by atoms with Gasteiger partial charge in [-0.1, -0.05) is 29.8 Å². The third-order valence-electron chi connectivity index (χ3n) is 6.57. The van der Waals surface area contributed by atoms with E-state index in [1.807, 2.05) is 12.1 Å². The molecule has 1 unspecified atom stereocenters. The van der Waals surface area contributed by atoms with Crippen LogP contribution in [0.15, 0.2) is 40.9 Å². The van der Waals surface area contributed by atoms with Crippen LogP contribution in [0.4, 0.5) is 0 Å². The zero-order chi connectivity index (χ0) is 21.9. The van der Waals surface area contributed by atoms with Crippen LogP contribution in [-0.4, -0.2) is 46.3 Å². The molecule has 5 rings (SSSR count). The summed E-state index contributed by atoms with van der Waals surface area (Å²) < 4.78 is 5.49. The second-order valence-corrected chi connectivity index (χ2v) is 8.59. The molecular formula is C25H27N5O2. The van der Waals surface area contributed by atoms with E-state index in [9.17, 15) is 5.11 Å². The molecule has 0 saturated carbocycles. The molecule has 7 heteroatoms. The van der Waals surface area contributed by atoms with Crippen molar-refractivity contribution in [1.29, 1.82) is 5.26 Å². The summed E-state index contributed by atoms with van der Waals surface area (Å²) in [5.74, 6) is 0.830. The number of piperidine rings is 1. The summed E-state index contributed by atoms with van der Waals surface area (Å²) in [7, 11) is 0. The van der Waals surface area contributed by atoms with Gasteiger partial charge in [0.05, 0.1) is 5.56 Å². The maximum Gasteiger partial charge on any atom is 0.258 e. The molecule has 2 N–H and O–H groups in total. The van der Waals surface area contributed by atoms with Gasteiger partial charge in [-0.2, -0.15) is 10.2 Å². The summed E-state index contributed by atoms with van der Waals surface area (Å²) in [5, 5.41) is 26.8. The van der Waals surface area contributed by atoms with Gasteiger partial charge in [-0.25, -0.2) is 0 Å². The van der Waals surface area contributed by atoms with E-state index < -0.39 is 0 Å². The molecule has 1 aliphatic carbocycles. The maximum atomic E-state index is 9.73. The highest BCUT2D eigenvalue weighted by Gasteiger charge is 2.26. The van der Waals surface area contributed by atoms with Crippen LogP contribution in [0.2, 0.25) is 0 Å². The number of aromatic hydroxyl groups is 1. The number of nitrogens with one attached hydrogen (secondary N) is 1. The third-order valence-corrected chi connectivity index (χ3v) is 6.57. The van der Waals surface area contributed by atoms with Crippen LogP contribution in [0.3, 0.4) is 0 Å². The minimum absolute atomic E-state index is 0.0595. The molecule has 2 heterocycles. The van der Waals surface area contributed by atoms with Crippen molar-refractivity contribution in [3.8, 4) is 34.7 Å². The number of fused-ring (bicyclic) bond motifs is 1. The van der Waals surface area contributed by atoms with Crippen LogP contribution < -0.4 is 5.32 Å². The standard InChI is InChI=1S/C25H27N5O2/c26-16-18-15-17(7-10-23(18)31)25-28-24(29-32-25)21-6-4-5-20-19(21)8-9-22(20)27-11-14-30-12-2-1-3-13-30/h4-7,10,15,22,27,31H,1-3,8-9,11-14H2. The molecule has 2 aromatic carbocycles. The van der Waals surface area contributed by atoms with Crippen molar-refractivity contribution in [1.82, 2.24) is 20.4 Å².